The molecule has 1 aliphatic carbocycles. The van der Waals surface area contributed by atoms with Crippen LogP contribution in [0.5, 0.6) is 0 Å². The van der Waals surface area contributed by atoms with Gasteiger partial charge in [-0.3, -0.25) is 4.57 Å². The molecule has 0 amide bonds. The van der Waals surface area contributed by atoms with Crippen molar-refractivity contribution in [3.63, 3.8) is 0 Å². The smallest absolute Gasteiger partial charge is 0.276 e. The van der Waals surface area contributed by atoms with Crippen molar-refractivity contribution in [3.8, 4) is 0 Å². The van der Waals surface area contributed by atoms with Crippen molar-refractivity contribution in [2.75, 3.05) is 31.1 Å². The first-order valence-electron chi connectivity index (χ1n) is 10.9. The molecule has 0 unspecified atom stereocenters. The fourth-order valence-electron chi connectivity index (χ4n) is 4.21. The van der Waals surface area contributed by atoms with Crippen LogP contribution in [0.2, 0.25) is 0 Å². The fourth-order valence-corrected chi connectivity index (χ4v) is 6.55. The lowest BCUT2D eigenvalue weighted by atomic mass is 10.00. The molecule has 2 aromatic rings. The van der Waals surface area contributed by atoms with Gasteiger partial charge in [-0.2, -0.15) is 4.31 Å². The zero-order valence-corrected chi connectivity index (χ0v) is 19.0. The molecule has 164 valence electrons. The topological polar surface area (TPSA) is 84.5 Å². The van der Waals surface area contributed by atoms with Crippen LogP contribution in [0.25, 0.3) is 0 Å². The van der Waals surface area contributed by atoms with E-state index in [2.05, 4.69) is 26.6 Å². The second kappa shape index (κ2) is 8.20. The first-order valence-corrected chi connectivity index (χ1v) is 13.4. The monoisotopic (exact) mass is 451 g/mol. The predicted molar refractivity (Wildman–Crippen MR) is 115 cm³/mol. The number of anilines is 1. The number of furan rings is 1. The molecular formula is C20H29N5O3S2. The maximum atomic E-state index is 12.7. The second-order valence-electron chi connectivity index (χ2n) is 8.67. The summed E-state index contributed by atoms with van der Waals surface area (Å²) in [6.45, 7) is 5.54. The maximum absolute atomic E-state index is 12.7. The van der Waals surface area contributed by atoms with Gasteiger partial charge in [0, 0.05) is 32.2 Å². The average molecular weight is 452 g/mol. The Balaban J connectivity index is 1.29. The number of rotatable bonds is 7. The highest BCUT2D eigenvalue weighted by Crippen LogP contribution is 2.42. The lowest BCUT2D eigenvalue weighted by Crippen LogP contribution is -2.34. The van der Waals surface area contributed by atoms with Crippen LogP contribution in [0, 0.1) is 5.92 Å². The molecule has 2 aromatic heterocycles. The Hall–Kier alpha value is -1.52. The van der Waals surface area contributed by atoms with E-state index in [1.165, 1.54) is 30.0 Å². The Morgan fingerprint density at radius 3 is 2.50 bits per heavy atom. The van der Waals surface area contributed by atoms with Crippen LogP contribution in [0.15, 0.2) is 26.8 Å². The molecule has 0 radical (unpaired) electrons. The van der Waals surface area contributed by atoms with Gasteiger partial charge in [-0.1, -0.05) is 18.7 Å². The number of aromatic nitrogens is 3. The molecule has 3 fully saturated rings. The van der Waals surface area contributed by atoms with Gasteiger partial charge in [0.05, 0.1) is 5.75 Å². The first kappa shape index (κ1) is 20.4. The van der Waals surface area contributed by atoms with E-state index >= 15 is 0 Å². The van der Waals surface area contributed by atoms with Crippen LogP contribution in [0.1, 0.15) is 57.3 Å². The highest BCUT2D eigenvalue weighted by Gasteiger charge is 2.33. The molecule has 4 heterocycles. The molecule has 3 aliphatic rings. The van der Waals surface area contributed by atoms with Crippen molar-refractivity contribution in [1.29, 1.82) is 0 Å². The summed E-state index contributed by atoms with van der Waals surface area (Å²) in [5, 5.41) is 9.93. The highest BCUT2D eigenvalue weighted by molar-refractivity contribution is 7.98. The van der Waals surface area contributed by atoms with Gasteiger partial charge in [0.1, 0.15) is 5.76 Å². The third-order valence-electron chi connectivity index (χ3n) is 6.26. The number of thioether (sulfide) groups is 1. The highest BCUT2D eigenvalue weighted by atomic mass is 32.2. The van der Waals surface area contributed by atoms with Crippen molar-refractivity contribution in [3.05, 3.63) is 17.9 Å². The van der Waals surface area contributed by atoms with Gasteiger partial charge in [-0.15, -0.1) is 10.2 Å². The zero-order valence-electron chi connectivity index (χ0n) is 17.4. The SMILES string of the molecule is CC1CCN(c2nnc(SCc3ccc(S(=O)(=O)N4CCCC4)o3)n2C2CC2)CC1. The Kier molecular flexibility index (Phi) is 5.57. The van der Waals surface area contributed by atoms with Crippen LogP contribution in [0.4, 0.5) is 5.95 Å². The lowest BCUT2D eigenvalue weighted by Gasteiger charge is -2.31. The van der Waals surface area contributed by atoms with E-state index in [0.29, 0.717) is 30.6 Å². The summed E-state index contributed by atoms with van der Waals surface area (Å²) in [5.41, 5.74) is 0. The van der Waals surface area contributed by atoms with E-state index in [9.17, 15) is 8.42 Å². The van der Waals surface area contributed by atoms with E-state index in [4.69, 9.17) is 4.42 Å². The number of nitrogens with zero attached hydrogens (tertiary/aromatic N) is 5. The summed E-state index contributed by atoms with van der Waals surface area (Å²) in [6, 6.07) is 3.83. The van der Waals surface area contributed by atoms with E-state index < -0.39 is 10.0 Å². The minimum Gasteiger partial charge on any atom is -0.447 e. The van der Waals surface area contributed by atoms with Gasteiger partial charge < -0.3 is 9.32 Å². The molecule has 10 heteroatoms. The van der Waals surface area contributed by atoms with E-state index in [0.717, 1.165) is 43.0 Å². The fraction of sp³-hybridized carbons (Fsp3) is 0.700. The lowest BCUT2D eigenvalue weighted by molar-refractivity contribution is 0.397. The normalized spacial score (nSPS) is 21.6. The summed E-state index contributed by atoms with van der Waals surface area (Å²) < 4.78 is 34.8. The maximum Gasteiger partial charge on any atom is 0.276 e. The Labute approximate surface area is 182 Å². The van der Waals surface area contributed by atoms with Crippen LogP contribution in [-0.2, 0) is 15.8 Å². The standard InChI is InChI=1S/C20H29N5O3S2/c1-15-8-12-23(13-9-15)19-21-22-20(25(19)16-4-5-16)29-14-17-6-7-18(28-17)30(26,27)24-10-2-3-11-24/h6-7,15-16H,2-5,8-14H2,1H3. The molecule has 0 aromatic carbocycles. The summed E-state index contributed by atoms with van der Waals surface area (Å²) in [7, 11) is -3.51. The summed E-state index contributed by atoms with van der Waals surface area (Å²) >= 11 is 1.57. The van der Waals surface area contributed by atoms with Crippen LogP contribution < -0.4 is 4.90 Å². The van der Waals surface area contributed by atoms with Crippen molar-refractivity contribution in [2.24, 2.45) is 5.92 Å². The van der Waals surface area contributed by atoms with Gasteiger partial charge in [-0.25, -0.2) is 8.42 Å². The largest absolute Gasteiger partial charge is 0.447 e. The molecule has 2 saturated heterocycles. The molecule has 0 N–H and O–H groups in total. The van der Waals surface area contributed by atoms with E-state index in [1.54, 1.807) is 23.9 Å². The molecule has 5 rings (SSSR count). The van der Waals surface area contributed by atoms with Crippen molar-refractivity contribution in [2.45, 2.75) is 67.5 Å². The van der Waals surface area contributed by atoms with Gasteiger partial charge in [-0.05, 0) is 56.6 Å². The molecule has 1 saturated carbocycles. The Bertz CT molecular complexity index is 984. The molecule has 30 heavy (non-hydrogen) atoms. The Morgan fingerprint density at radius 1 is 1.07 bits per heavy atom. The predicted octanol–water partition coefficient (Wildman–Crippen LogP) is 3.52. The van der Waals surface area contributed by atoms with Crippen LogP contribution in [-0.4, -0.2) is 53.7 Å². The van der Waals surface area contributed by atoms with Gasteiger partial charge in [0.2, 0.25) is 11.0 Å². The van der Waals surface area contributed by atoms with Crippen LogP contribution in [0.3, 0.4) is 0 Å². The molecule has 0 spiro atoms. The Morgan fingerprint density at radius 2 is 1.80 bits per heavy atom. The molecule has 8 nitrogen and oxygen atoms in total. The minimum absolute atomic E-state index is 0.0479. The molecular weight excluding hydrogens is 422 g/mol. The minimum atomic E-state index is -3.51. The molecule has 0 bridgehead atoms. The van der Waals surface area contributed by atoms with Gasteiger partial charge in [0.25, 0.3) is 10.0 Å². The van der Waals surface area contributed by atoms with Crippen LogP contribution >= 0.6 is 11.8 Å². The molecule has 2 aliphatic heterocycles. The van der Waals surface area contributed by atoms with Gasteiger partial charge >= 0.3 is 0 Å². The first-order chi connectivity index (χ1) is 14.5. The van der Waals surface area contributed by atoms with Gasteiger partial charge in [0.15, 0.2) is 5.16 Å². The number of hydrogen-bond acceptors (Lipinski definition) is 7. The van der Waals surface area contributed by atoms with E-state index in [-0.39, 0.29) is 5.09 Å². The van der Waals surface area contributed by atoms with Crippen molar-refractivity contribution < 1.29 is 12.8 Å². The summed E-state index contributed by atoms with van der Waals surface area (Å²) in [6.07, 6.45) is 6.56. The van der Waals surface area contributed by atoms with Crippen molar-refractivity contribution >= 4 is 27.7 Å². The number of sulfonamides is 1. The third-order valence-corrected chi connectivity index (χ3v) is 9.00. The van der Waals surface area contributed by atoms with E-state index in [1.807, 2.05) is 0 Å². The number of piperidine rings is 1. The third kappa shape index (κ3) is 4.01. The molecule has 0 atom stereocenters. The average Bonchev–Trinajstić information content (AvgIpc) is 3.18. The summed E-state index contributed by atoms with van der Waals surface area (Å²) in [4.78, 5) is 2.36. The number of hydrogen-bond donors (Lipinski definition) is 0. The van der Waals surface area contributed by atoms with Crippen molar-refractivity contribution in [1.82, 2.24) is 19.1 Å². The quantitative estimate of drug-likeness (QED) is 0.596. The second-order valence-corrected chi connectivity index (χ2v) is 11.5. The zero-order chi connectivity index (χ0) is 20.7. The summed E-state index contributed by atoms with van der Waals surface area (Å²) in [5.74, 6) is 2.95.